The average molecular weight is 116 g/mol. The Balaban J connectivity index is 3.32. The van der Waals surface area contributed by atoms with Gasteiger partial charge >= 0.3 is 0 Å². The van der Waals surface area contributed by atoms with Crippen LogP contribution in [0.4, 0.5) is 0 Å². The molecule has 0 saturated carbocycles. The molecule has 0 bridgehead atoms. The van der Waals surface area contributed by atoms with Gasteiger partial charge in [0, 0.05) is 6.92 Å². The minimum Gasteiger partial charge on any atom is -0.273 e. The molecule has 0 aromatic carbocycles. The predicted octanol–water partition coefficient (Wildman–Crippen LogP) is 0.578. The maximum Gasteiger partial charge on any atom is 0.243 e. The Hall–Kier alpha value is -0.570. The third-order valence-corrected chi connectivity index (χ3v) is 0.636. The molecule has 1 amide bonds. The van der Waals surface area contributed by atoms with Crippen molar-refractivity contribution in [3.8, 4) is 0 Å². The SMILES string of the molecule is [CH2]N(OCC)C(C)=O. The van der Waals surface area contributed by atoms with Crippen LogP contribution < -0.4 is 0 Å². The van der Waals surface area contributed by atoms with Gasteiger partial charge in [-0.25, -0.2) is 5.06 Å². The smallest absolute Gasteiger partial charge is 0.243 e. The van der Waals surface area contributed by atoms with E-state index in [-0.39, 0.29) is 5.91 Å². The van der Waals surface area contributed by atoms with Crippen molar-refractivity contribution in [2.75, 3.05) is 6.61 Å². The van der Waals surface area contributed by atoms with Crippen LogP contribution in [0.3, 0.4) is 0 Å². The summed E-state index contributed by atoms with van der Waals surface area (Å²) in [6.07, 6.45) is 0. The Labute approximate surface area is 49.2 Å². The first kappa shape index (κ1) is 7.43. The highest BCUT2D eigenvalue weighted by Crippen LogP contribution is 1.85. The van der Waals surface area contributed by atoms with Crippen molar-refractivity contribution in [3.05, 3.63) is 7.05 Å². The van der Waals surface area contributed by atoms with E-state index in [0.29, 0.717) is 6.61 Å². The zero-order valence-electron chi connectivity index (χ0n) is 5.18. The van der Waals surface area contributed by atoms with Crippen molar-refractivity contribution in [2.24, 2.45) is 0 Å². The van der Waals surface area contributed by atoms with E-state index in [1.807, 2.05) is 0 Å². The highest BCUT2D eigenvalue weighted by molar-refractivity contribution is 5.72. The van der Waals surface area contributed by atoms with Crippen LogP contribution in [-0.2, 0) is 9.63 Å². The number of hydroxylamine groups is 2. The molecular weight excluding hydrogens is 106 g/mol. The van der Waals surface area contributed by atoms with Crippen molar-refractivity contribution in [3.63, 3.8) is 0 Å². The highest BCUT2D eigenvalue weighted by Gasteiger charge is 1.97. The normalized spacial score (nSPS) is 8.88. The Kier molecular flexibility index (Phi) is 3.19. The van der Waals surface area contributed by atoms with Gasteiger partial charge in [-0.3, -0.25) is 9.63 Å². The van der Waals surface area contributed by atoms with E-state index >= 15 is 0 Å². The van der Waals surface area contributed by atoms with E-state index in [1.54, 1.807) is 6.92 Å². The Morgan fingerprint density at radius 3 is 2.50 bits per heavy atom. The first-order valence-corrected chi connectivity index (χ1v) is 2.42. The topological polar surface area (TPSA) is 29.5 Å². The van der Waals surface area contributed by atoms with Crippen LogP contribution >= 0.6 is 0 Å². The second-order valence-electron chi connectivity index (χ2n) is 1.32. The molecule has 0 heterocycles. The summed E-state index contributed by atoms with van der Waals surface area (Å²) in [4.78, 5) is 14.9. The van der Waals surface area contributed by atoms with E-state index < -0.39 is 0 Å². The summed E-state index contributed by atoms with van der Waals surface area (Å²) < 4.78 is 0. The molecule has 1 radical (unpaired) electrons. The molecule has 3 heteroatoms. The van der Waals surface area contributed by atoms with Gasteiger partial charge in [-0.05, 0) is 6.92 Å². The van der Waals surface area contributed by atoms with E-state index in [9.17, 15) is 4.79 Å². The van der Waals surface area contributed by atoms with Gasteiger partial charge in [0.15, 0.2) is 0 Å². The Bertz CT molecular complexity index is 82.5. The number of carbonyl (C=O) groups excluding carboxylic acids is 1. The molecule has 0 spiro atoms. The molecule has 8 heavy (non-hydrogen) atoms. The van der Waals surface area contributed by atoms with E-state index in [2.05, 4.69) is 11.9 Å². The van der Waals surface area contributed by atoms with Gasteiger partial charge in [-0.15, -0.1) is 0 Å². The number of amides is 1. The lowest BCUT2D eigenvalue weighted by atomic mass is 10.7. The first-order chi connectivity index (χ1) is 3.68. The van der Waals surface area contributed by atoms with Crippen molar-refractivity contribution in [1.29, 1.82) is 0 Å². The first-order valence-electron chi connectivity index (χ1n) is 2.42. The number of carbonyl (C=O) groups is 1. The van der Waals surface area contributed by atoms with Gasteiger partial charge in [0.1, 0.15) is 0 Å². The molecular formula is C5H10NO2. The molecule has 3 nitrogen and oxygen atoms in total. The minimum atomic E-state index is -0.188. The molecule has 0 atom stereocenters. The van der Waals surface area contributed by atoms with Crippen LogP contribution in [0.2, 0.25) is 0 Å². The third-order valence-electron chi connectivity index (χ3n) is 0.636. The minimum absolute atomic E-state index is 0.188. The molecule has 0 unspecified atom stereocenters. The summed E-state index contributed by atoms with van der Waals surface area (Å²) >= 11 is 0. The quantitative estimate of drug-likeness (QED) is 0.494. The summed E-state index contributed by atoms with van der Waals surface area (Å²) in [5, 5.41) is 0.958. The van der Waals surface area contributed by atoms with Crippen molar-refractivity contribution < 1.29 is 9.63 Å². The summed E-state index contributed by atoms with van der Waals surface area (Å²) in [6, 6.07) is 0. The van der Waals surface area contributed by atoms with Gasteiger partial charge in [0.05, 0.1) is 13.7 Å². The highest BCUT2D eigenvalue weighted by atomic mass is 16.7. The van der Waals surface area contributed by atoms with Gasteiger partial charge in [-0.2, -0.15) is 0 Å². The average Bonchev–Trinajstić information content (AvgIpc) is 1.67. The fourth-order valence-electron chi connectivity index (χ4n) is 0.247. The summed E-state index contributed by atoms with van der Waals surface area (Å²) in [5.41, 5.74) is 0. The van der Waals surface area contributed by atoms with Gasteiger partial charge in [-0.1, -0.05) is 0 Å². The fraction of sp³-hybridized carbons (Fsp3) is 0.600. The van der Waals surface area contributed by atoms with Crippen LogP contribution in [0.5, 0.6) is 0 Å². The molecule has 0 rings (SSSR count). The lowest BCUT2D eigenvalue weighted by molar-refractivity contribution is -0.167. The maximum absolute atomic E-state index is 10.3. The molecule has 0 aromatic rings. The second-order valence-corrected chi connectivity index (χ2v) is 1.32. The second kappa shape index (κ2) is 3.43. The molecule has 0 saturated heterocycles. The molecule has 0 N–H and O–H groups in total. The summed E-state index contributed by atoms with van der Waals surface area (Å²) in [6.45, 7) is 3.66. The monoisotopic (exact) mass is 116 g/mol. The van der Waals surface area contributed by atoms with Crippen LogP contribution in [0.25, 0.3) is 0 Å². The largest absolute Gasteiger partial charge is 0.273 e. The third kappa shape index (κ3) is 2.58. The Morgan fingerprint density at radius 1 is 1.88 bits per heavy atom. The van der Waals surface area contributed by atoms with E-state index in [4.69, 9.17) is 0 Å². The zero-order valence-corrected chi connectivity index (χ0v) is 5.18. The molecule has 0 aromatic heterocycles. The number of nitrogens with zero attached hydrogens (tertiary/aromatic N) is 1. The van der Waals surface area contributed by atoms with Crippen molar-refractivity contribution >= 4 is 5.91 Å². The van der Waals surface area contributed by atoms with Crippen LogP contribution in [0, 0.1) is 7.05 Å². The maximum atomic E-state index is 10.3. The predicted molar refractivity (Wildman–Crippen MR) is 29.5 cm³/mol. The molecule has 47 valence electrons. The van der Waals surface area contributed by atoms with E-state index in [0.717, 1.165) is 5.06 Å². The number of rotatable bonds is 2. The molecule has 0 aliphatic rings. The Morgan fingerprint density at radius 2 is 2.38 bits per heavy atom. The van der Waals surface area contributed by atoms with Crippen LogP contribution in [-0.4, -0.2) is 17.6 Å². The molecule has 0 fully saturated rings. The summed E-state index contributed by atoms with van der Waals surface area (Å²) in [7, 11) is 3.29. The zero-order chi connectivity index (χ0) is 6.57. The van der Waals surface area contributed by atoms with Crippen molar-refractivity contribution in [1.82, 2.24) is 5.06 Å². The van der Waals surface area contributed by atoms with Gasteiger partial charge < -0.3 is 0 Å². The lowest BCUT2D eigenvalue weighted by Crippen LogP contribution is -2.21. The van der Waals surface area contributed by atoms with Crippen LogP contribution in [0.1, 0.15) is 13.8 Å². The van der Waals surface area contributed by atoms with Crippen LogP contribution in [0.15, 0.2) is 0 Å². The van der Waals surface area contributed by atoms with Gasteiger partial charge in [0.2, 0.25) is 5.91 Å². The standard InChI is InChI=1S/C5H10NO2/c1-4-8-6(3)5(2)7/h3-4H2,1-2H3. The molecule has 0 aliphatic carbocycles. The number of hydrogen-bond donors (Lipinski definition) is 0. The lowest BCUT2D eigenvalue weighted by Gasteiger charge is -2.11. The van der Waals surface area contributed by atoms with Gasteiger partial charge in [0.25, 0.3) is 0 Å². The summed E-state index contributed by atoms with van der Waals surface area (Å²) in [5.74, 6) is -0.188. The van der Waals surface area contributed by atoms with E-state index in [1.165, 1.54) is 6.92 Å². The number of hydrogen-bond acceptors (Lipinski definition) is 2. The fourth-order valence-corrected chi connectivity index (χ4v) is 0.247. The molecule has 0 aliphatic heterocycles. The van der Waals surface area contributed by atoms with Crippen molar-refractivity contribution in [2.45, 2.75) is 13.8 Å².